The number of fused-ring (bicyclic) bond motifs is 1. The van der Waals surface area contributed by atoms with Crippen LogP contribution < -0.4 is 5.56 Å². The molecule has 0 amide bonds. The van der Waals surface area contributed by atoms with Crippen molar-refractivity contribution in [2.45, 2.75) is 16.6 Å². The molecule has 3 heterocycles. The molecule has 0 unspecified atom stereocenters. The molecule has 0 fully saturated rings. The summed E-state index contributed by atoms with van der Waals surface area (Å²) < 4.78 is 1.95. The Hall–Kier alpha value is -3.97. The second-order valence-electron chi connectivity index (χ2n) is 7.11. The number of H-pyrrole nitrogens is 1. The molecule has 7 heteroatoms. The van der Waals surface area contributed by atoms with Gasteiger partial charge in [0.1, 0.15) is 0 Å². The van der Waals surface area contributed by atoms with E-state index in [2.05, 4.69) is 26.7 Å². The first-order valence-corrected chi connectivity index (χ1v) is 10.9. The first-order chi connectivity index (χ1) is 15.8. The topological polar surface area (TPSA) is 76.5 Å². The number of nitrogens with zero attached hydrogens (tertiary/aromatic N) is 4. The van der Waals surface area contributed by atoms with Gasteiger partial charge in [-0.1, -0.05) is 54.6 Å². The number of pyridine rings is 2. The highest BCUT2D eigenvalue weighted by Crippen LogP contribution is 2.38. The van der Waals surface area contributed by atoms with Crippen molar-refractivity contribution >= 4 is 22.7 Å². The van der Waals surface area contributed by atoms with Gasteiger partial charge in [0.05, 0.1) is 4.90 Å². The van der Waals surface area contributed by atoms with Crippen LogP contribution in [-0.4, -0.2) is 24.7 Å². The molecule has 0 saturated heterocycles. The van der Waals surface area contributed by atoms with Gasteiger partial charge >= 0.3 is 0 Å². The molecule has 156 valence electrons. The minimum absolute atomic E-state index is 0.161. The van der Waals surface area contributed by atoms with Crippen LogP contribution in [0.5, 0.6) is 0 Å². The highest BCUT2D eigenvalue weighted by atomic mass is 32.2. The van der Waals surface area contributed by atoms with E-state index in [9.17, 15) is 4.79 Å². The maximum atomic E-state index is 13.2. The zero-order valence-corrected chi connectivity index (χ0v) is 17.9. The van der Waals surface area contributed by atoms with Crippen LogP contribution in [0.1, 0.15) is 0 Å². The Morgan fingerprint density at radius 2 is 1.69 bits per heavy atom. The molecule has 5 rings (SSSR count). The standard InChI is InChI=1S/C25H19N5OS/c1-2-16-30-23(18-12-14-26-15-13-18)28-29-25(30)32-22-21(17-8-4-3-5-9-17)19-10-6-7-11-20(19)27-24(22)31/h2-15H,1,16H2,(H,27,31). The minimum Gasteiger partial charge on any atom is -0.321 e. The molecule has 0 spiro atoms. The zero-order chi connectivity index (χ0) is 21.9. The van der Waals surface area contributed by atoms with Crippen molar-refractivity contribution in [3.8, 4) is 22.5 Å². The number of benzene rings is 2. The number of aromatic nitrogens is 5. The van der Waals surface area contributed by atoms with Gasteiger partial charge in [-0.3, -0.25) is 14.3 Å². The van der Waals surface area contributed by atoms with E-state index in [1.165, 1.54) is 11.8 Å². The zero-order valence-electron chi connectivity index (χ0n) is 17.1. The average molecular weight is 438 g/mol. The smallest absolute Gasteiger partial charge is 0.263 e. The molecular formula is C25H19N5OS. The van der Waals surface area contributed by atoms with E-state index in [1.54, 1.807) is 18.5 Å². The molecule has 0 aliphatic heterocycles. The first-order valence-electron chi connectivity index (χ1n) is 10.1. The number of nitrogens with one attached hydrogen (secondary N) is 1. The normalized spacial score (nSPS) is 11.0. The SMILES string of the molecule is C=CCn1c(Sc2c(-c3ccccc3)c3ccccc3[nH]c2=O)nnc1-c1ccncc1. The van der Waals surface area contributed by atoms with Crippen molar-refractivity contribution in [1.82, 2.24) is 24.7 Å². The van der Waals surface area contributed by atoms with Gasteiger partial charge in [0.2, 0.25) is 0 Å². The monoisotopic (exact) mass is 437 g/mol. The number of hydrogen-bond donors (Lipinski definition) is 1. The molecule has 0 aliphatic carbocycles. The van der Waals surface area contributed by atoms with Crippen molar-refractivity contribution in [2.24, 2.45) is 0 Å². The molecule has 0 bridgehead atoms. The van der Waals surface area contributed by atoms with E-state index in [1.807, 2.05) is 71.3 Å². The summed E-state index contributed by atoms with van der Waals surface area (Å²) in [5.74, 6) is 0.702. The van der Waals surface area contributed by atoms with Gasteiger partial charge in [-0.05, 0) is 35.5 Å². The molecular weight excluding hydrogens is 418 g/mol. The molecule has 2 aromatic carbocycles. The predicted octanol–water partition coefficient (Wildman–Crippen LogP) is 5.19. The highest BCUT2D eigenvalue weighted by molar-refractivity contribution is 7.99. The van der Waals surface area contributed by atoms with Gasteiger partial charge in [0, 0.05) is 41.0 Å². The van der Waals surface area contributed by atoms with Gasteiger partial charge in [-0.15, -0.1) is 16.8 Å². The number of allylic oxidation sites excluding steroid dienone is 1. The van der Waals surface area contributed by atoms with Crippen molar-refractivity contribution in [1.29, 1.82) is 0 Å². The van der Waals surface area contributed by atoms with E-state index in [0.717, 1.165) is 27.6 Å². The summed E-state index contributed by atoms with van der Waals surface area (Å²) in [6.45, 7) is 4.39. The van der Waals surface area contributed by atoms with Crippen LogP contribution >= 0.6 is 11.8 Å². The van der Waals surface area contributed by atoms with Crippen LogP contribution in [0.25, 0.3) is 33.4 Å². The fourth-order valence-electron chi connectivity index (χ4n) is 3.68. The van der Waals surface area contributed by atoms with Crippen molar-refractivity contribution in [3.05, 3.63) is 102 Å². The Morgan fingerprint density at radius 1 is 0.938 bits per heavy atom. The average Bonchev–Trinajstić information content (AvgIpc) is 3.23. The lowest BCUT2D eigenvalue weighted by atomic mass is 10.0. The lowest BCUT2D eigenvalue weighted by Crippen LogP contribution is -2.11. The fourth-order valence-corrected chi connectivity index (χ4v) is 4.69. The summed E-state index contributed by atoms with van der Waals surface area (Å²) in [5.41, 5.74) is 3.39. The lowest BCUT2D eigenvalue weighted by Gasteiger charge is -2.13. The van der Waals surface area contributed by atoms with E-state index in [-0.39, 0.29) is 5.56 Å². The van der Waals surface area contributed by atoms with E-state index in [4.69, 9.17) is 0 Å². The number of hydrogen-bond acceptors (Lipinski definition) is 5. The summed E-state index contributed by atoms with van der Waals surface area (Å²) in [5, 5.41) is 10.4. The largest absolute Gasteiger partial charge is 0.321 e. The van der Waals surface area contributed by atoms with Crippen LogP contribution in [0.4, 0.5) is 0 Å². The second-order valence-corrected chi connectivity index (χ2v) is 8.09. The molecule has 0 saturated carbocycles. The minimum atomic E-state index is -0.161. The van der Waals surface area contributed by atoms with Gasteiger partial charge in [0.15, 0.2) is 11.0 Å². The van der Waals surface area contributed by atoms with Gasteiger partial charge < -0.3 is 4.98 Å². The van der Waals surface area contributed by atoms with Crippen molar-refractivity contribution in [3.63, 3.8) is 0 Å². The van der Waals surface area contributed by atoms with Crippen LogP contribution in [-0.2, 0) is 6.54 Å². The van der Waals surface area contributed by atoms with E-state index in [0.29, 0.717) is 22.4 Å². The molecule has 3 aromatic heterocycles. The third kappa shape index (κ3) is 3.63. The lowest BCUT2D eigenvalue weighted by molar-refractivity contribution is 0.731. The third-order valence-electron chi connectivity index (χ3n) is 5.10. The fraction of sp³-hybridized carbons (Fsp3) is 0.0400. The van der Waals surface area contributed by atoms with Crippen LogP contribution in [0.3, 0.4) is 0 Å². The van der Waals surface area contributed by atoms with Crippen molar-refractivity contribution in [2.75, 3.05) is 0 Å². The molecule has 0 radical (unpaired) electrons. The summed E-state index contributed by atoms with van der Waals surface area (Å²) >= 11 is 1.31. The van der Waals surface area contributed by atoms with E-state index < -0.39 is 0 Å². The van der Waals surface area contributed by atoms with Gasteiger partial charge in [0.25, 0.3) is 5.56 Å². The summed E-state index contributed by atoms with van der Waals surface area (Å²) in [4.78, 5) is 20.9. The Balaban J connectivity index is 1.71. The Bertz CT molecular complexity index is 1460. The van der Waals surface area contributed by atoms with E-state index >= 15 is 0 Å². The third-order valence-corrected chi connectivity index (χ3v) is 6.18. The van der Waals surface area contributed by atoms with Crippen molar-refractivity contribution < 1.29 is 0 Å². The van der Waals surface area contributed by atoms with Crippen LogP contribution in [0.15, 0.2) is 107 Å². The number of aromatic amines is 1. The van der Waals surface area contributed by atoms with Crippen LogP contribution in [0.2, 0.25) is 0 Å². The van der Waals surface area contributed by atoms with Gasteiger partial charge in [-0.2, -0.15) is 0 Å². The molecule has 0 aliphatic rings. The number of para-hydroxylation sites is 1. The summed E-state index contributed by atoms with van der Waals surface area (Å²) in [6.07, 6.45) is 5.23. The Kier molecular flexibility index (Phi) is 5.39. The maximum absolute atomic E-state index is 13.2. The molecule has 32 heavy (non-hydrogen) atoms. The molecule has 1 N–H and O–H groups in total. The summed E-state index contributed by atoms with van der Waals surface area (Å²) in [7, 11) is 0. The highest BCUT2D eigenvalue weighted by Gasteiger charge is 2.20. The number of rotatable bonds is 6. The summed E-state index contributed by atoms with van der Waals surface area (Å²) in [6, 6.07) is 21.5. The Morgan fingerprint density at radius 3 is 2.47 bits per heavy atom. The predicted molar refractivity (Wildman–Crippen MR) is 128 cm³/mol. The Labute approximate surface area is 188 Å². The first kappa shape index (κ1) is 20.0. The maximum Gasteiger partial charge on any atom is 0.263 e. The molecule has 0 atom stereocenters. The molecule has 5 aromatic rings. The second kappa shape index (κ2) is 8.64. The van der Waals surface area contributed by atoms with Gasteiger partial charge in [-0.25, -0.2) is 0 Å². The van der Waals surface area contributed by atoms with Crippen LogP contribution in [0, 0.1) is 0 Å². The molecule has 6 nitrogen and oxygen atoms in total. The quantitative estimate of drug-likeness (QED) is 0.370.